The highest BCUT2D eigenvalue weighted by Crippen LogP contribution is 2.31. The lowest BCUT2D eigenvalue weighted by molar-refractivity contribution is -0.126. The van der Waals surface area contributed by atoms with Gasteiger partial charge in [0.25, 0.3) is 5.91 Å². The van der Waals surface area contributed by atoms with Crippen LogP contribution in [0.1, 0.15) is 5.56 Å². The first-order valence-electron chi connectivity index (χ1n) is 7.22. The van der Waals surface area contributed by atoms with E-state index in [1.165, 1.54) is 50.6 Å². The summed E-state index contributed by atoms with van der Waals surface area (Å²) in [6.45, 7) is 0. The van der Waals surface area contributed by atoms with Gasteiger partial charge in [-0.3, -0.25) is 4.79 Å². The monoisotopic (exact) mass is 351 g/mol. The molecule has 0 radical (unpaired) electrons. The van der Waals surface area contributed by atoms with Gasteiger partial charge in [-0.1, -0.05) is 24.3 Å². The quantitative estimate of drug-likeness (QED) is 0.818. The molecule has 0 bridgehead atoms. The van der Waals surface area contributed by atoms with E-state index in [0.29, 0.717) is 5.75 Å². The predicted molar refractivity (Wildman–Crippen MR) is 88.6 cm³/mol. The highest BCUT2D eigenvalue weighted by molar-refractivity contribution is 6.08. The Morgan fingerprint density at radius 2 is 1.64 bits per heavy atom. The van der Waals surface area contributed by atoms with E-state index in [1.807, 2.05) is 0 Å². The van der Waals surface area contributed by atoms with E-state index in [-0.39, 0.29) is 17.0 Å². The van der Waals surface area contributed by atoms with Crippen LogP contribution in [0, 0.1) is 0 Å². The third kappa shape index (κ3) is 4.76. The first kappa shape index (κ1) is 18.4. The number of methoxy groups -OCH3 is 2. The second-order valence-electron chi connectivity index (χ2n) is 4.98. The number of anilines is 1. The predicted octanol–water partition coefficient (Wildman–Crippen LogP) is 4.29. The number of benzene rings is 2. The molecule has 0 saturated heterocycles. The molecule has 0 aliphatic rings. The summed E-state index contributed by atoms with van der Waals surface area (Å²) in [5, 5.41) is 2.23. The van der Waals surface area contributed by atoms with Crippen molar-refractivity contribution in [2.24, 2.45) is 0 Å². The summed E-state index contributed by atoms with van der Waals surface area (Å²) in [6.07, 6.45) is -4.03. The fourth-order valence-electron chi connectivity index (χ4n) is 2.08. The number of para-hydroxylation sites is 2. The van der Waals surface area contributed by atoms with Gasteiger partial charge in [-0.2, -0.15) is 13.2 Å². The average Bonchev–Trinajstić information content (AvgIpc) is 2.59. The highest BCUT2D eigenvalue weighted by atomic mass is 19.4. The Bertz CT molecular complexity index is 768. The summed E-state index contributed by atoms with van der Waals surface area (Å²) in [7, 11) is 2.82. The second-order valence-corrected chi connectivity index (χ2v) is 4.98. The maximum atomic E-state index is 13.3. The van der Waals surface area contributed by atoms with E-state index < -0.39 is 17.7 Å². The Hall–Kier alpha value is -2.96. The Balaban J connectivity index is 2.33. The number of hydrogen-bond donors (Lipinski definition) is 1. The zero-order valence-electron chi connectivity index (χ0n) is 13.6. The van der Waals surface area contributed by atoms with Crippen molar-refractivity contribution in [3.8, 4) is 11.5 Å². The van der Waals surface area contributed by atoms with Gasteiger partial charge in [-0.15, -0.1) is 0 Å². The van der Waals surface area contributed by atoms with E-state index >= 15 is 0 Å². The average molecular weight is 351 g/mol. The van der Waals surface area contributed by atoms with E-state index in [0.717, 1.165) is 6.08 Å². The van der Waals surface area contributed by atoms with Crippen LogP contribution in [0.3, 0.4) is 0 Å². The van der Waals surface area contributed by atoms with Crippen LogP contribution < -0.4 is 14.8 Å². The van der Waals surface area contributed by atoms with E-state index in [4.69, 9.17) is 9.47 Å². The summed E-state index contributed by atoms with van der Waals surface area (Å²) in [5.74, 6) is -0.501. The van der Waals surface area contributed by atoms with Crippen LogP contribution in [0.15, 0.2) is 54.1 Å². The standard InChI is InChI=1S/C18H16F3NO3/c1-24-13-9-7-12(8-10-13)11-14(18(19,20)21)17(23)22-15-5-3-4-6-16(15)25-2/h3-11H,1-2H3,(H,22,23)/b14-11-. The normalized spacial score (nSPS) is 11.8. The number of amides is 1. The molecule has 2 rings (SSSR count). The molecule has 2 aromatic carbocycles. The van der Waals surface area contributed by atoms with Crippen LogP contribution in [0.2, 0.25) is 0 Å². The molecular formula is C18H16F3NO3. The zero-order valence-corrected chi connectivity index (χ0v) is 13.6. The van der Waals surface area contributed by atoms with Crippen LogP contribution in [0.5, 0.6) is 11.5 Å². The van der Waals surface area contributed by atoms with Gasteiger partial charge in [0.15, 0.2) is 0 Å². The maximum Gasteiger partial charge on any atom is 0.421 e. The van der Waals surface area contributed by atoms with Gasteiger partial charge < -0.3 is 14.8 Å². The summed E-state index contributed by atoms with van der Waals surface area (Å²) >= 11 is 0. The minimum absolute atomic E-state index is 0.153. The van der Waals surface area contributed by atoms with Crippen molar-refractivity contribution < 1.29 is 27.4 Å². The number of carbonyl (C=O) groups excluding carboxylic acids is 1. The Kier molecular flexibility index (Phi) is 5.69. The molecule has 0 aliphatic carbocycles. The molecule has 0 aliphatic heterocycles. The lowest BCUT2D eigenvalue weighted by atomic mass is 10.1. The minimum atomic E-state index is -4.81. The van der Waals surface area contributed by atoms with E-state index in [1.54, 1.807) is 12.1 Å². The summed E-state index contributed by atoms with van der Waals surface area (Å²) < 4.78 is 49.9. The Morgan fingerprint density at radius 1 is 1.00 bits per heavy atom. The molecule has 1 N–H and O–H groups in total. The first-order chi connectivity index (χ1) is 11.8. The Morgan fingerprint density at radius 3 is 2.20 bits per heavy atom. The van der Waals surface area contributed by atoms with Crippen molar-refractivity contribution in [2.75, 3.05) is 19.5 Å². The molecular weight excluding hydrogens is 335 g/mol. The maximum absolute atomic E-state index is 13.3. The third-order valence-electron chi connectivity index (χ3n) is 3.33. The van der Waals surface area contributed by atoms with Gasteiger partial charge in [0.2, 0.25) is 0 Å². The van der Waals surface area contributed by atoms with Gasteiger partial charge >= 0.3 is 6.18 Å². The van der Waals surface area contributed by atoms with Gasteiger partial charge in [-0.25, -0.2) is 0 Å². The van der Waals surface area contributed by atoms with Gasteiger partial charge in [0.1, 0.15) is 17.1 Å². The number of alkyl halides is 3. The lowest BCUT2D eigenvalue weighted by Crippen LogP contribution is -2.25. The topological polar surface area (TPSA) is 47.6 Å². The van der Waals surface area contributed by atoms with Gasteiger partial charge in [0, 0.05) is 0 Å². The third-order valence-corrected chi connectivity index (χ3v) is 3.33. The van der Waals surface area contributed by atoms with Crippen molar-refractivity contribution >= 4 is 17.7 Å². The van der Waals surface area contributed by atoms with Crippen molar-refractivity contribution in [1.82, 2.24) is 0 Å². The number of carbonyl (C=O) groups is 1. The zero-order chi connectivity index (χ0) is 18.4. The second kappa shape index (κ2) is 7.74. The van der Waals surface area contributed by atoms with Crippen LogP contribution in [-0.4, -0.2) is 26.3 Å². The largest absolute Gasteiger partial charge is 0.497 e. The van der Waals surface area contributed by atoms with Crippen molar-refractivity contribution in [2.45, 2.75) is 6.18 Å². The molecule has 0 fully saturated rings. The Labute approximate surface area is 142 Å². The van der Waals surface area contributed by atoms with E-state index in [2.05, 4.69) is 5.32 Å². The molecule has 132 valence electrons. The van der Waals surface area contributed by atoms with E-state index in [9.17, 15) is 18.0 Å². The molecule has 0 unspecified atom stereocenters. The summed E-state index contributed by atoms with van der Waals surface area (Å²) in [4.78, 5) is 12.2. The van der Waals surface area contributed by atoms with Crippen molar-refractivity contribution in [3.05, 3.63) is 59.7 Å². The molecule has 1 amide bonds. The molecule has 0 saturated carbocycles. The number of halogens is 3. The molecule has 0 spiro atoms. The van der Waals surface area contributed by atoms with Gasteiger partial charge in [0.05, 0.1) is 19.9 Å². The number of hydrogen-bond acceptors (Lipinski definition) is 3. The first-order valence-corrected chi connectivity index (χ1v) is 7.22. The van der Waals surface area contributed by atoms with Crippen LogP contribution in [0.25, 0.3) is 6.08 Å². The summed E-state index contributed by atoms with van der Waals surface area (Å²) in [6, 6.07) is 12.1. The molecule has 0 atom stereocenters. The summed E-state index contributed by atoms with van der Waals surface area (Å²) in [5.41, 5.74) is -0.938. The number of rotatable bonds is 5. The number of nitrogens with one attached hydrogen (secondary N) is 1. The van der Waals surface area contributed by atoms with Crippen LogP contribution in [-0.2, 0) is 4.79 Å². The van der Waals surface area contributed by atoms with Gasteiger partial charge in [-0.05, 0) is 35.9 Å². The number of ether oxygens (including phenoxy) is 2. The fourth-order valence-corrected chi connectivity index (χ4v) is 2.08. The molecule has 4 nitrogen and oxygen atoms in total. The lowest BCUT2D eigenvalue weighted by Gasteiger charge is -2.14. The molecule has 25 heavy (non-hydrogen) atoms. The fraction of sp³-hybridized carbons (Fsp3) is 0.167. The van der Waals surface area contributed by atoms with Crippen LogP contribution >= 0.6 is 0 Å². The molecule has 0 heterocycles. The molecule has 7 heteroatoms. The van der Waals surface area contributed by atoms with Crippen molar-refractivity contribution in [1.29, 1.82) is 0 Å². The molecule has 0 aromatic heterocycles. The molecule has 2 aromatic rings. The van der Waals surface area contributed by atoms with Crippen molar-refractivity contribution in [3.63, 3.8) is 0 Å². The highest BCUT2D eigenvalue weighted by Gasteiger charge is 2.38. The van der Waals surface area contributed by atoms with Crippen LogP contribution in [0.4, 0.5) is 18.9 Å². The smallest absolute Gasteiger partial charge is 0.421 e. The SMILES string of the molecule is COc1ccc(/C=C(/C(=O)Nc2ccccc2OC)C(F)(F)F)cc1. The minimum Gasteiger partial charge on any atom is -0.497 e.